The monoisotopic (exact) mass is 256 g/mol. The number of carbonyl (C=O) groups is 1. The Bertz CT molecular complexity index is 319. The number of nitrogens with zero attached hydrogens (tertiary/aromatic N) is 2. The SMILES string of the molecule is CCC(C(=O)NC1CCN(C)CC1C)C(N)=NO. The molecule has 0 spiro atoms. The van der Waals surface area contributed by atoms with Crippen molar-refractivity contribution in [2.45, 2.75) is 32.7 Å². The Morgan fingerprint density at radius 1 is 1.67 bits per heavy atom. The van der Waals surface area contributed by atoms with Gasteiger partial charge in [-0.1, -0.05) is 19.0 Å². The largest absolute Gasteiger partial charge is 0.409 e. The molecule has 1 aliphatic rings. The molecule has 0 aromatic carbocycles. The minimum atomic E-state index is -0.540. The number of hydrogen-bond acceptors (Lipinski definition) is 4. The van der Waals surface area contributed by atoms with Crippen molar-refractivity contribution < 1.29 is 10.0 Å². The van der Waals surface area contributed by atoms with Crippen molar-refractivity contribution in [3.63, 3.8) is 0 Å². The molecule has 1 saturated heterocycles. The molecule has 0 aliphatic carbocycles. The van der Waals surface area contributed by atoms with Crippen LogP contribution in [0, 0.1) is 11.8 Å². The molecule has 1 aliphatic heterocycles. The van der Waals surface area contributed by atoms with E-state index in [1.54, 1.807) is 0 Å². The van der Waals surface area contributed by atoms with Gasteiger partial charge in [0.05, 0.1) is 5.92 Å². The molecule has 0 radical (unpaired) electrons. The Balaban J connectivity index is 2.58. The molecule has 0 saturated carbocycles. The summed E-state index contributed by atoms with van der Waals surface area (Å²) in [6.07, 6.45) is 1.47. The second-order valence-electron chi connectivity index (χ2n) is 5.13. The predicted molar refractivity (Wildman–Crippen MR) is 70.4 cm³/mol. The van der Waals surface area contributed by atoms with E-state index in [0.29, 0.717) is 12.3 Å². The van der Waals surface area contributed by atoms with Crippen molar-refractivity contribution in [3.05, 3.63) is 0 Å². The maximum Gasteiger partial charge on any atom is 0.231 e. The first-order chi connectivity index (χ1) is 8.49. The van der Waals surface area contributed by atoms with Crippen molar-refractivity contribution in [1.29, 1.82) is 0 Å². The number of rotatable bonds is 4. The zero-order valence-electron chi connectivity index (χ0n) is 11.4. The fourth-order valence-electron chi connectivity index (χ4n) is 2.45. The summed E-state index contributed by atoms with van der Waals surface area (Å²) in [5.41, 5.74) is 5.52. The molecule has 1 amide bonds. The first-order valence-electron chi connectivity index (χ1n) is 6.45. The Morgan fingerprint density at radius 3 is 2.83 bits per heavy atom. The average molecular weight is 256 g/mol. The zero-order chi connectivity index (χ0) is 13.7. The Labute approximate surface area is 108 Å². The Kier molecular flexibility index (Phi) is 5.40. The van der Waals surface area contributed by atoms with Crippen LogP contribution in [0.2, 0.25) is 0 Å². The van der Waals surface area contributed by atoms with Crippen LogP contribution < -0.4 is 11.1 Å². The molecule has 1 heterocycles. The molecule has 6 heteroatoms. The molecular weight excluding hydrogens is 232 g/mol. The fourth-order valence-corrected chi connectivity index (χ4v) is 2.45. The Morgan fingerprint density at radius 2 is 2.33 bits per heavy atom. The predicted octanol–water partition coefficient (Wildman–Crippen LogP) is 0.215. The molecule has 1 rings (SSSR count). The summed E-state index contributed by atoms with van der Waals surface area (Å²) in [7, 11) is 2.08. The summed E-state index contributed by atoms with van der Waals surface area (Å²) in [4.78, 5) is 14.3. The Hall–Kier alpha value is -1.30. The number of amidine groups is 1. The molecule has 104 valence electrons. The van der Waals surface area contributed by atoms with Gasteiger partial charge in [0.1, 0.15) is 0 Å². The van der Waals surface area contributed by atoms with E-state index < -0.39 is 5.92 Å². The van der Waals surface area contributed by atoms with Crippen LogP contribution in [-0.2, 0) is 4.79 Å². The highest BCUT2D eigenvalue weighted by molar-refractivity contribution is 6.02. The maximum atomic E-state index is 12.1. The van der Waals surface area contributed by atoms with Gasteiger partial charge in [0, 0.05) is 12.6 Å². The summed E-state index contributed by atoms with van der Waals surface area (Å²) in [6, 6.07) is 0.175. The first-order valence-corrected chi connectivity index (χ1v) is 6.45. The third-order valence-electron chi connectivity index (χ3n) is 3.63. The lowest BCUT2D eigenvalue weighted by Gasteiger charge is -2.35. The highest BCUT2D eigenvalue weighted by Gasteiger charge is 2.29. The van der Waals surface area contributed by atoms with Crippen molar-refractivity contribution in [3.8, 4) is 0 Å². The quantitative estimate of drug-likeness (QED) is 0.290. The van der Waals surface area contributed by atoms with Crippen LogP contribution in [0.3, 0.4) is 0 Å². The van der Waals surface area contributed by atoms with Crippen LogP contribution >= 0.6 is 0 Å². The van der Waals surface area contributed by atoms with E-state index in [9.17, 15) is 4.79 Å². The molecule has 6 nitrogen and oxygen atoms in total. The van der Waals surface area contributed by atoms with E-state index in [1.807, 2.05) is 6.92 Å². The van der Waals surface area contributed by atoms with E-state index in [1.165, 1.54) is 0 Å². The molecule has 4 N–H and O–H groups in total. The van der Waals surface area contributed by atoms with Crippen LogP contribution in [0.25, 0.3) is 0 Å². The molecule has 0 bridgehead atoms. The van der Waals surface area contributed by atoms with Gasteiger partial charge >= 0.3 is 0 Å². The number of likely N-dealkylation sites (tertiary alicyclic amines) is 1. The highest BCUT2D eigenvalue weighted by Crippen LogP contribution is 2.16. The molecule has 0 aromatic rings. The van der Waals surface area contributed by atoms with Gasteiger partial charge < -0.3 is 21.2 Å². The van der Waals surface area contributed by atoms with Gasteiger partial charge in [-0.2, -0.15) is 0 Å². The third kappa shape index (κ3) is 3.60. The van der Waals surface area contributed by atoms with Gasteiger partial charge in [-0.15, -0.1) is 0 Å². The van der Waals surface area contributed by atoms with Crippen LogP contribution in [0.1, 0.15) is 26.7 Å². The van der Waals surface area contributed by atoms with Crippen LogP contribution in [-0.4, -0.2) is 48.0 Å². The maximum absolute atomic E-state index is 12.1. The lowest BCUT2D eigenvalue weighted by molar-refractivity contribution is -0.124. The molecule has 3 atom stereocenters. The number of oxime groups is 1. The van der Waals surface area contributed by atoms with Crippen molar-refractivity contribution in [1.82, 2.24) is 10.2 Å². The summed E-state index contributed by atoms with van der Waals surface area (Å²) in [5.74, 6) is -0.288. The van der Waals surface area contributed by atoms with Gasteiger partial charge in [-0.3, -0.25) is 4.79 Å². The van der Waals surface area contributed by atoms with E-state index in [2.05, 4.69) is 29.3 Å². The molecule has 18 heavy (non-hydrogen) atoms. The standard InChI is InChI=1S/C12H24N4O2/c1-4-9(11(13)15-18)12(17)14-10-5-6-16(3)7-8(10)2/h8-10,18H,4-7H2,1-3H3,(H2,13,15)(H,14,17). The molecule has 3 unspecified atom stereocenters. The van der Waals surface area contributed by atoms with E-state index in [4.69, 9.17) is 10.9 Å². The van der Waals surface area contributed by atoms with Gasteiger partial charge in [-0.25, -0.2) is 0 Å². The lowest BCUT2D eigenvalue weighted by atomic mass is 9.93. The van der Waals surface area contributed by atoms with Gasteiger partial charge in [-0.05, 0) is 32.4 Å². The summed E-state index contributed by atoms with van der Waals surface area (Å²) < 4.78 is 0. The number of amides is 1. The van der Waals surface area contributed by atoms with E-state index in [0.717, 1.165) is 19.5 Å². The number of piperidine rings is 1. The summed E-state index contributed by atoms with van der Waals surface area (Å²) in [5, 5.41) is 14.6. The van der Waals surface area contributed by atoms with E-state index >= 15 is 0 Å². The highest BCUT2D eigenvalue weighted by atomic mass is 16.4. The van der Waals surface area contributed by atoms with E-state index in [-0.39, 0.29) is 17.8 Å². The van der Waals surface area contributed by atoms with Gasteiger partial charge in [0.15, 0.2) is 5.84 Å². The number of carbonyl (C=O) groups excluding carboxylic acids is 1. The van der Waals surface area contributed by atoms with Crippen LogP contribution in [0.15, 0.2) is 5.16 Å². The zero-order valence-corrected chi connectivity index (χ0v) is 11.4. The number of nitrogens with one attached hydrogen (secondary N) is 1. The molecule has 1 fully saturated rings. The smallest absolute Gasteiger partial charge is 0.231 e. The van der Waals surface area contributed by atoms with Crippen molar-refractivity contribution in [2.24, 2.45) is 22.7 Å². The normalized spacial score (nSPS) is 27.8. The van der Waals surface area contributed by atoms with Crippen LogP contribution in [0.4, 0.5) is 0 Å². The topological polar surface area (TPSA) is 91.0 Å². The molecular formula is C12H24N4O2. The van der Waals surface area contributed by atoms with Crippen molar-refractivity contribution >= 4 is 11.7 Å². The molecule has 0 aromatic heterocycles. The van der Waals surface area contributed by atoms with Crippen LogP contribution in [0.5, 0.6) is 0 Å². The van der Waals surface area contributed by atoms with Gasteiger partial charge in [0.2, 0.25) is 5.91 Å². The number of nitrogens with two attached hydrogens (primary N) is 1. The third-order valence-corrected chi connectivity index (χ3v) is 3.63. The summed E-state index contributed by atoms with van der Waals surface area (Å²) >= 11 is 0. The van der Waals surface area contributed by atoms with Gasteiger partial charge in [0.25, 0.3) is 0 Å². The average Bonchev–Trinajstić information content (AvgIpc) is 2.33. The minimum Gasteiger partial charge on any atom is -0.409 e. The minimum absolute atomic E-state index is 0.0180. The number of hydrogen-bond donors (Lipinski definition) is 3. The summed E-state index contributed by atoms with van der Waals surface area (Å²) in [6.45, 7) is 5.94. The lowest BCUT2D eigenvalue weighted by Crippen LogP contribution is -2.51. The fraction of sp³-hybridized carbons (Fsp3) is 0.833. The first kappa shape index (κ1) is 14.8. The second kappa shape index (κ2) is 6.58. The second-order valence-corrected chi connectivity index (χ2v) is 5.13. The van der Waals surface area contributed by atoms with Crippen molar-refractivity contribution in [2.75, 3.05) is 20.1 Å².